The number of fused-ring (bicyclic) bond motifs is 1. The second-order valence-corrected chi connectivity index (χ2v) is 21.5. The number of aryl methyl sites for hydroxylation is 2. The molecule has 408 valence electrons. The lowest BCUT2D eigenvalue weighted by Crippen LogP contribution is -2.59. The van der Waals surface area contributed by atoms with Crippen LogP contribution in [-0.2, 0) is 36.9 Å². The number of aliphatic hydroxyl groups is 1. The maximum atomic E-state index is 14.7. The topological polar surface area (TPSA) is 284 Å². The van der Waals surface area contributed by atoms with E-state index in [9.17, 15) is 48.2 Å². The number of alkyl halides is 1. The average molecular weight is 1080 g/mol. The molecule has 0 radical (unpaired) electrons. The molecule has 0 bridgehead atoms. The summed E-state index contributed by atoms with van der Waals surface area (Å²) in [6, 6.07) is 13.9. The minimum absolute atomic E-state index is 0.0196. The fraction of sp³-hybridized carbons (Fsp3) is 0.426. The molecule has 1 saturated carbocycles. The van der Waals surface area contributed by atoms with Gasteiger partial charge in [-0.2, -0.15) is 0 Å². The van der Waals surface area contributed by atoms with Gasteiger partial charge in [-0.25, -0.2) is 9.37 Å². The van der Waals surface area contributed by atoms with Crippen molar-refractivity contribution >= 4 is 52.7 Å². The van der Waals surface area contributed by atoms with Crippen LogP contribution in [0.15, 0.2) is 70.7 Å². The number of benzene rings is 3. The van der Waals surface area contributed by atoms with Gasteiger partial charge < -0.3 is 60.6 Å². The Hall–Kier alpha value is -7.92. The summed E-state index contributed by atoms with van der Waals surface area (Å²) in [5.74, 6) is -3.16. The van der Waals surface area contributed by atoms with Crippen molar-refractivity contribution in [3.63, 3.8) is 0 Å². The molecule has 4 atom stereocenters. The van der Waals surface area contributed by atoms with Gasteiger partial charge in [-0.05, 0) is 85.0 Å². The Morgan fingerprint density at radius 3 is 2.31 bits per heavy atom. The molecule has 7 amide bonds. The molecule has 0 spiro atoms. The fourth-order valence-corrected chi connectivity index (χ4v) is 9.85. The summed E-state index contributed by atoms with van der Waals surface area (Å²) < 4.78 is 31.9. The molecule has 1 aliphatic heterocycles. The molecule has 2 fully saturated rings. The number of thiazole rings is 1. The van der Waals surface area contributed by atoms with E-state index >= 15 is 0 Å². The smallest absolute Gasteiger partial charge is 0.273 e. The van der Waals surface area contributed by atoms with Gasteiger partial charge in [-0.1, -0.05) is 50.2 Å². The van der Waals surface area contributed by atoms with E-state index in [1.807, 2.05) is 19.1 Å². The summed E-state index contributed by atoms with van der Waals surface area (Å²) in [6.45, 7) is 6.19. The number of β-amino-alcohol motifs (C(OH)–C–C–N with tert-alkyl or cyclic N) is 1. The second kappa shape index (κ2) is 23.1. The third-order valence-electron chi connectivity index (χ3n) is 13.5. The van der Waals surface area contributed by atoms with E-state index in [-0.39, 0.29) is 92.5 Å². The molecular formula is C54H62FN9O12S. The zero-order valence-electron chi connectivity index (χ0n) is 43.5. The number of halogens is 1. The summed E-state index contributed by atoms with van der Waals surface area (Å²) >= 11 is 1.42. The fourth-order valence-electron chi connectivity index (χ4n) is 9.05. The van der Waals surface area contributed by atoms with Crippen LogP contribution in [0.3, 0.4) is 0 Å². The number of aromatic nitrogens is 2. The molecular weight excluding hydrogens is 1020 g/mol. The molecule has 23 heteroatoms. The number of phenols is 1. The van der Waals surface area contributed by atoms with E-state index < -0.39 is 71.3 Å². The SMILES string of the molecule is Cc1ncsc1-c1ccc(CNC(=O)[C@@H]2C[C@@H](O)CN2C(=O)[C@@H](NC(=O)C2(F)CC2)C(C)(C)C)c(OCC(=O)NCCNC(=O)COc2ccc3c(c2)[C@H](NC(=O)c2cc(-c4ccc(C(=O)N(C)C)c(O)c4)on2)CC3)c1. The van der Waals surface area contributed by atoms with Crippen LogP contribution in [0.25, 0.3) is 21.8 Å². The van der Waals surface area contributed by atoms with Crippen LogP contribution in [0.2, 0.25) is 0 Å². The predicted molar refractivity (Wildman–Crippen MR) is 278 cm³/mol. The number of nitrogens with zero attached hydrogens (tertiary/aromatic N) is 4. The molecule has 2 aliphatic carbocycles. The van der Waals surface area contributed by atoms with Gasteiger partial charge in [-0.3, -0.25) is 33.6 Å². The predicted octanol–water partition coefficient (Wildman–Crippen LogP) is 3.90. The van der Waals surface area contributed by atoms with E-state index in [4.69, 9.17) is 14.0 Å². The van der Waals surface area contributed by atoms with Crippen molar-refractivity contribution in [2.45, 2.75) is 96.2 Å². The molecule has 1 saturated heterocycles. The van der Waals surface area contributed by atoms with E-state index in [0.717, 1.165) is 27.3 Å². The first-order valence-corrected chi connectivity index (χ1v) is 26.0. The highest BCUT2D eigenvalue weighted by Gasteiger charge is 2.53. The lowest BCUT2D eigenvalue weighted by Gasteiger charge is -2.35. The van der Waals surface area contributed by atoms with Gasteiger partial charge >= 0.3 is 0 Å². The van der Waals surface area contributed by atoms with Crippen molar-refractivity contribution in [3.05, 3.63) is 99.8 Å². The normalized spacial score (nSPS) is 17.6. The van der Waals surface area contributed by atoms with Crippen molar-refractivity contribution in [1.82, 2.24) is 46.5 Å². The van der Waals surface area contributed by atoms with Crippen LogP contribution < -0.4 is 36.1 Å². The van der Waals surface area contributed by atoms with Crippen LogP contribution in [-0.4, -0.2) is 142 Å². The Morgan fingerprint density at radius 1 is 0.935 bits per heavy atom. The molecule has 5 aromatic rings. The first kappa shape index (κ1) is 55.3. The summed E-state index contributed by atoms with van der Waals surface area (Å²) in [7, 11) is 3.15. The molecule has 3 heterocycles. The van der Waals surface area contributed by atoms with Crippen molar-refractivity contribution in [2.75, 3.05) is 46.9 Å². The molecule has 7 N–H and O–H groups in total. The number of phenolic OH excluding ortho intramolecular Hbond substituents is 1. The van der Waals surface area contributed by atoms with Gasteiger partial charge in [0.15, 0.2) is 30.3 Å². The summed E-state index contributed by atoms with van der Waals surface area (Å²) in [4.78, 5) is 99.6. The number of carbonyl (C=O) groups is 7. The van der Waals surface area contributed by atoms with E-state index in [0.29, 0.717) is 29.7 Å². The summed E-state index contributed by atoms with van der Waals surface area (Å²) in [6.07, 6.45) is 0.377. The standard InChI is InChI=1S/C54H62FN9O12S/c1-29-46(77-28-59-29)32-7-8-33(24-58-49(70)40-21-34(65)25-64(40)51(72)47(53(2,3)4)61-52(73)54(55)15-16-54)42(20-32)75-27-45(68)57-18-17-56-44(67)26-74-35-12-9-30-11-14-38(37(30)22-35)60-48(69)39-23-43(76-62-39)31-10-13-36(41(66)19-31)50(71)63(5)6/h7-10,12-13,19-20,22-23,28,34,38,40,47,65-66H,11,14-18,21,24-27H2,1-6H3,(H,56,67)(H,57,68)(H,58,70)(H,60,69)(H,61,73)/t34-,38-,40+,47-/m1/s1. The Labute approximate surface area is 447 Å². The van der Waals surface area contributed by atoms with E-state index in [2.05, 4.69) is 36.7 Å². The molecule has 0 unspecified atom stereocenters. The van der Waals surface area contributed by atoms with Crippen molar-refractivity contribution < 1.29 is 62.2 Å². The molecule has 3 aromatic carbocycles. The quantitative estimate of drug-likeness (QED) is 0.0545. The molecule has 2 aromatic heterocycles. The molecule has 3 aliphatic rings. The number of likely N-dealkylation sites (tertiary alicyclic amines) is 1. The van der Waals surface area contributed by atoms with Crippen LogP contribution in [0.4, 0.5) is 4.39 Å². The Kier molecular flexibility index (Phi) is 16.6. The van der Waals surface area contributed by atoms with Crippen LogP contribution in [0, 0.1) is 12.3 Å². The summed E-state index contributed by atoms with van der Waals surface area (Å²) in [5.41, 5.74) is 3.29. The zero-order valence-corrected chi connectivity index (χ0v) is 44.3. The van der Waals surface area contributed by atoms with E-state index in [1.54, 1.807) is 70.7 Å². The maximum Gasteiger partial charge on any atom is 0.273 e. The van der Waals surface area contributed by atoms with Gasteiger partial charge in [0, 0.05) is 63.9 Å². The third-order valence-corrected chi connectivity index (χ3v) is 14.5. The minimum Gasteiger partial charge on any atom is -0.507 e. The number of carbonyl (C=O) groups excluding carboxylic acids is 7. The molecule has 21 nitrogen and oxygen atoms in total. The van der Waals surface area contributed by atoms with Gasteiger partial charge in [0.2, 0.25) is 11.8 Å². The highest BCUT2D eigenvalue weighted by molar-refractivity contribution is 7.13. The lowest BCUT2D eigenvalue weighted by atomic mass is 9.85. The Balaban J connectivity index is 0.801. The van der Waals surface area contributed by atoms with E-state index in [1.165, 1.54) is 39.3 Å². The summed E-state index contributed by atoms with van der Waals surface area (Å²) in [5, 5.41) is 38.8. The number of hydrogen-bond acceptors (Lipinski definition) is 15. The monoisotopic (exact) mass is 1080 g/mol. The van der Waals surface area contributed by atoms with Crippen molar-refractivity contribution in [1.29, 1.82) is 0 Å². The number of ether oxygens (including phenoxy) is 2. The number of rotatable bonds is 20. The number of hydrogen-bond donors (Lipinski definition) is 7. The number of aliphatic hydroxyl groups excluding tert-OH is 1. The first-order chi connectivity index (χ1) is 36.6. The van der Waals surface area contributed by atoms with Crippen LogP contribution in [0.1, 0.15) is 95.7 Å². The minimum atomic E-state index is -2.02. The van der Waals surface area contributed by atoms with Gasteiger partial charge in [0.05, 0.1) is 33.8 Å². The van der Waals surface area contributed by atoms with Gasteiger partial charge in [0.25, 0.3) is 29.5 Å². The number of amides is 7. The molecule has 77 heavy (non-hydrogen) atoms. The second-order valence-electron chi connectivity index (χ2n) is 20.7. The largest absolute Gasteiger partial charge is 0.507 e. The van der Waals surface area contributed by atoms with Crippen molar-refractivity contribution in [2.24, 2.45) is 5.41 Å². The average Bonchev–Trinajstić information content (AvgIpc) is 3.86. The lowest BCUT2D eigenvalue weighted by molar-refractivity contribution is -0.145. The Morgan fingerprint density at radius 2 is 1.65 bits per heavy atom. The van der Waals surface area contributed by atoms with Crippen molar-refractivity contribution in [3.8, 4) is 39.0 Å². The number of aromatic hydroxyl groups is 1. The Bertz CT molecular complexity index is 3080. The third kappa shape index (κ3) is 13.2. The zero-order chi connectivity index (χ0) is 55.3. The highest BCUT2D eigenvalue weighted by Crippen LogP contribution is 2.41. The van der Waals surface area contributed by atoms with Gasteiger partial charge in [-0.15, -0.1) is 11.3 Å². The highest BCUT2D eigenvalue weighted by atomic mass is 32.1. The first-order valence-electron chi connectivity index (χ1n) is 25.1. The molecule has 8 rings (SSSR count). The van der Waals surface area contributed by atoms with Crippen LogP contribution >= 0.6 is 11.3 Å². The van der Waals surface area contributed by atoms with Crippen LogP contribution in [0.5, 0.6) is 17.2 Å². The number of nitrogens with one attached hydrogen (secondary N) is 5. The maximum absolute atomic E-state index is 14.7. The van der Waals surface area contributed by atoms with Gasteiger partial charge in [0.1, 0.15) is 29.3 Å².